The van der Waals surface area contributed by atoms with Crippen molar-refractivity contribution in [3.05, 3.63) is 58.3 Å². The number of benzene rings is 2. The highest BCUT2D eigenvalue weighted by molar-refractivity contribution is 9.10. The second kappa shape index (κ2) is 5.84. The number of hydrogen-bond acceptors (Lipinski definition) is 1. The summed E-state index contributed by atoms with van der Waals surface area (Å²) in [6, 6.07) is 11.1. The fourth-order valence-electron chi connectivity index (χ4n) is 1.51. The van der Waals surface area contributed by atoms with Crippen LogP contribution >= 0.6 is 15.9 Å². The Labute approximate surface area is 119 Å². The molecule has 19 heavy (non-hydrogen) atoms. The topological polar surface area (TPSA) is 41.1 Å². The number of nitrogens with one attached hydrogen (secondary N) is 2. The minimum atomic E-state index is -0.379. The fourth-order valence-corrected chi connectivity index (χ4v) is 1.96. The maximum Gasteiger partial charge on any atom is 0.323 e. The molecule has 0 radical (unpaired) electrons. The van der Waals surface area contributed by atoms with Crippen LogP contribution in [0.3, 0.4) is 0 Å². The quantitative estimate of drug-likeness (QED) is 0.837. The first kappa shape index (κ1) is 13.5. The molecule has 2 aromatic carbocycles. The van der Waals surface area contributed by atoms with E-state index in [1.54, 1.807) is 0 Å². The van der Waals surface area contributed by atoms with Crippen molar-refractivity contribution in [1.29, 1.82) is 0 Å². The lowest BCUT2D eigenvalue weighted by molar-refractivity contribution is 0.262. The maximum absolute atomic E-state index is 12.9. The molecule has 0 aliphatic heterocycles. The van der Waals surface area contributed by atoms with Gasteiger partial charge in [-0.3, -0.25) is 0 Å². The van der Waals surface area contributed by atoms with Crippen molar-refractivity contribution in [2.75, 3.05) is 10.6 Å². The van der Waals surface area contributed by atoms with Crippen molar-refractivity contribution in [3.8, 4) is 0 Å². The number of urea groups is 1. The van der Waals surface area contributed by atoms with Crippen LogP contribution in [0.4, 0.5) is 20.6 Å². The average molecular weight is 323 g/mol. The van der Waals surface area contributed by atoms with Gasteiger partial charge in [-0.1, -0.05) is 17.7 Å². The second-order valence-electron chi connectivity index (χ2n) is 4.07. The zero-order valence-electron chi connectivity index (χ0n) is 10.2. The first-order valence-corrected chi connectivity index (χ1v) is 6.43. The summed E-state index contributed by atoms with van der Waals surface area (Å²) in [5.41, 5.74) is 2.32. The molecule has 5 heteroatoms. The van der Waals surface area contributed by atoms with Gasteiger partial charge in [0, 0.05) is 10.2 Å². The highest BCUT2D eigenvalue weighted by Gasteiger charge is 2.06. The summed E-state index contributed by atoms with van der Waals surface area (Å²) in [6.45, 7) is 1.97. The van der Waals surface area contributed by atoms with E-state index in [2.05, 4.69) is 26.6 Å². The van der Waals surface area contributed by atoms with Crippen LogP contribution in [0, 0.1) is 12.7 Å². The predicted molar refractivity (Wildman–Crippen MR) is 77.9 cm³/mol. The molecular weight excluding hydrogens is 311 g/mol. The fraction of sp³-hybridized carbons (Fsp3) is 0.0714. The Balaban J connectivity index is 2.03. The number of rotatable bonds is 2. The lowest BCUT2D eigenvalue weighted by atomic mass is 10.2. The van der Waals surface area contributed by atoms with Gasteiger partial charge in [0.2, 0.25) is 0 Å². The number of anilines is 2. The molecule has 2 rings (SSSR count). The molecule has 0 saturated heterocycles. The van der Waals surface area contributed by atoms with Gasteiger partial charge in [0.1, 0.15) is 5.82 Å². The molecule has 2 N–H and O–H groups in total. The molecule has 0 aliphatic rings. The Morgan fingerprint density at radius 2 is 1.79 bits per heavy atom. The Morgan fingerprint density at radius 3 is 2.42 bits per heavy atom. The lowest BCUT2D eigenvalue weighted by Crippen LogP contribution is -2.19. The summed E-state index contributed by atoms with van der Waals surface area (Å²) in [5.74, 6) is -0.364. The molecular formula is C14H12BrFN2O. The van der Waals surface area contributed by atoms with Gasteiger partial charge in [0.05, 0.1) is 5.69 Å². The van der Waals surface area contributed by atoms with Crippen LogP contribution in [-0.4, -0.2) is 6.03 Å². The minimum Gasteiger partial charge on any atom is -0.308 e. The van der Waals surface area contributed by atoms with Crippen LogP contribution in [-0.2, 0) is 0 Å². The zero-order valence-corrected chi connectivity index (χ0v) is 11.8. The molecule has 0 aliphatic carbocycles. The Hall–Kier alpha value is -1.88. The largest absolute Gasteiger partial charge is 0.323 e. The molecule has 3 nitrogen and oxygen atoms in total. The van der Waals surface area contributed by atoms with Gasteiger partial charge >= 0.3 is 6.03 Å². The molecule has 0 heterocycles. The van der Waals surface area contributed by atoms with Gasteiger partial charge < -0.3 is 10.6 Å². The van der Waals surface area contributed by atoms with Gasteiger partial charge in [-0.2, -0.15) is 0 Å². The molecule has 2 amide bonds. The Morgan fingerprint density at radius 1 is 1.11 bits per heavy atom. The predicted octanol–water partition coefficient (Wildman–Crippen LogP) is 4.54. The zero-order chi connectivity index (χ0) is 13.8. The SMILES string of the molecule is Cc1ccc(NC(=O)Nc2ccc(F)cc2Br)cc1. The van der Waals surface area contributed by atoms with E-state index in [4.69, 9.17) is 0 Å². The Bertz CT molecular complexity index is 599. The number of amides is 2. The van der Waals surface area contributed by atoms with Crippen molar-refractivity contribution < 1.29 is 9.18 Å². The maximum atomic E-state index is 12.9. The van der Waals surface area contributed by atoms with E-state index < -0.39 is 0 Å². The molecule has 0 atom stereocenters. The van der Waals surface area contributed by atoms with Crippen LogP contribution < -0.4 is 10.6 Å². The van der Waals surface area contributed by atoms with Gasteiger partial charge in [-0.25, -0.2) is 9.18 Å². The third-order valence-electron chi connectivity index (χ3n) is 2.49. The molecule has 0 aromatic heterocycles. The van der Waals surface area contributed by atoms with Crippen molar-refractivity contribution in [2.45, 2.75) is 6.92 Å². The van der Waals surface area contributed by atoms with Gasteiger partial charge in [-0.05, 0) is 53.2 Å². The first-order valence-electron chi connectivity index (χ1n) is 5.64. The number of halogens is 2. The van der Waals surface area contributed by atoms with Crippen LogP contribution in [0.15, 0.2) is 46.9 Å². The van der Waals surface area contributed by atoms with E-state index in [0.717, 1.165) is 5.56 Å². The summed E-state index contributed by atoms with van der Waals surface area (Å²) in [7, 11) is 0. The summed E-state index contributed by atoms with van der Waals surface area (Å²) >= 11 is 3.19. The number of hydrogen-bond donors (Lipinski definition) is 2. The van der Waals surface area contributed by atoms with Crippen LogP contribution in [0.5, 0.6) is 0 Å². The van der Waals surface area contributed by atoms with Crippen LogP contribution in [0.1, 0.15) is 5.56 Å². The third kappa shape index (κ3) is 3.79. The van der Waals surface area contributed by atoms with E-state index in [1.165, 1.54) is 18.2 Å². The number of carbonyl (C=O) groups excluding carboxylic acids is 1. The highest BCUT2D eigenvalue weighted by atomic mass is 79.9. The molecule has 2 aromatic rings. The molecule has 0 saturated carbocycles. The van der Waals surface area contributed by atoms with Gasteiger partial charge in [0.15, 0.2) is 0 Å². The van der Waals surface area contributed by atoms with E-state index in [1.807, 2.05) is 31.2 Å². The van der Waals surface area contributed by atoms with Crippen molar-refractivity contribution in [2.24, 2.45) is 0 Å². The van der Waals surface area contributed by atoms with Gasteiger partial charge in [-0.15, -0.1) is 0 Å². The highest BCUT2D eigenvalue weighted by Crippen LogP contribution is 2.23. The smallest absolute Gasteiger partial charge is 0.308 e. The molecule has 0 spiro atoms. The summed E-state index contributed by atoms with van der Waals surface area (Å²) in [5, 5.41) is 5.33. The number of carbonyl (C=O) groups is 1. The number of aryl methyl sites for hydroxylation is 1. The minimum absolute atomic E-state index is 0.364. The summed E-state index contributed by atoms with van der Waals surface area (Å²) in [4.78, 5) is 11.8. The summed E-state index contributed by atoms with van der Waals surface area (Å²) in [6.07, 6.45) is 0. The monoisotopic (exact) mass is 322 g/mol. The lowest BCUT2D eigenvalue weighted by Gasteiger charge is -2.09. The Kier molecular flexibility index (Phi) is 4.16. The first-order chi connectivity index (χ1) is 9.04. The van der Waals surface area contributed by atoms with E-state index in [9.17, 15) is 9.18 Å². The van der Waals surface area contributed by atoms with Crippen molar-refractivity contribution >= 4 is 33.3 Å². The molecule has 0 fully saturated rings. The van der Waals surface area contributed by atoms with Crippen molar-refractivity contribution in [3.63, 3.8) is 0 Å². The van der Waals surface area contributed by atoms with E-state index in [0.29, 0.717) is 15.8 Å². The van der Waals surface area contributed by atoms with Crippen molar-refractivity contribution in [1.82, 2.24) is 0 Å². The normalized spacial score (nSPS) is 10.1. The molecule has 0 unspecified atom stereocenters. The summed E-state index contributed by atoms with van der Waals surface area (Å²) < 4.78 is 13.4. The van der Waals surface area contributed by atoms with Crippen LogP contribution in [0.25, 0.3) is 0 Å². The van der Waals surface area contributed by atoms with E-state index in [-0.39, 0.29) is 11.8 Å². The molecule has 0 bridgehead atoms. The molecule has 98 valence electrons. The third-order valence-corrected chi connectivity index (χ3v) is 3.14. The second-order valence-corrected chi connectivity index (χ2v) is 4.92. The van der Waals surface area contributed by atoms with Gasteiger partial charge in [0.25, 0.3) is 0 Å². The van der Waals surface area contributed by atoms with E-state index >= 15 is 0 Å². The standard InChI is InChI=1S/C14H12BrFN2O/c1-9-2-5-11(6-3-9)17-14(19)18-13-7-4-10(16)8-12(13)15/h2-8H,1H3,(H2,17,18,19). The average Bonchev–Trinajstić information content (AvgIpc) is 2.36. The van der Waals surface area contributed by atoms with Crippen LogP contribution in [0.2, 0.25) is 0 Å².